The third-order valence-corrected chi connectivity index (χ3v) is 5.34. The molecular formula is C20H23N. The van der Waals surface area contributed by atoms with E-state index in [1.165, 1.54) is 36.8 Å². The Morgan fingerprint density at radius 3 is 2.62 bits per heavy atom. The lowest BCUT2D eigenvalue weighted by molar-refractivity contribution is 0.239. The van der Waals surface area contributed by atoms with Crippen LogP contribution < -0.4 is 5.32 Å². The summed E-state index contributed by atoms with van der Waals surface area (Å²) in [6.07, 6.45) is 5.28. The predicted octanol–water partition coefficient (Wildman–Crippen LogP) is 4.28. The summed E-state index contributed by atoms with van der Waals surface area (Å²) in [5, 5.41) is 3.79. The smallest absolute Gasteiger partial charge is 0.0211 e. The number of hydrogen-bond acceptors (Lipinski definition) is 1. The summed E-state index contributed by atoms with van der Waals surface area (Å²) >= 11 is 0. The van der Waals surface area contributed by atoms with Crippen LogP contribution in [0.15, 0.2) is 54.6 Å². The second-order valence-corrected chi connectivity index (χ2v) is 6.66. The Kier molecular flexibility index (Phi) is 3.52. The lowest BCUT2D eigenvalue weighted by Gasteiger charge is -2.41. The topological polar surface area (TPSA) is 12.0 Å². The van der Waals surface area contributed by atoms with E-state index >= 15 is 0 Å². The summed E-state index contributed by atoms with van der Waals surface area (Å²) in [4.78, 5) is 0. The van der Waals surface area contributed by atoms with Crippen molar-refractivity contribution in [2.24, 2.45) is 5.92 Å². The van der Waals surface area contributed by atoms with Crippen molar-refractivity contribution in [3.63, 3.8) is 0 Å². The van der Waals surface area contributed by atoms with Crippen LogP contribution in [0.1, 0.15) is 41.9 Å². The minimum absolute atomic E-state index is 0.683. The van der Waals surface area contributed by atoms with Crippen molar-refractivity contribution in [1.82, 2.24) is 5.32 Å². The van der Waals surface area contributed by atoms with Crippen molar-refractivity contribution >= 4 is 0 Å². The Morgan fingerprint density at radius 1 is 0.905 bits per heavy atom. The van der Waals surface area contributed by atoms with Gasteiger partial charge in [0, 0.05) is 12.6 Å². The molecule has 2 aliphatic rings. The highest BCUT2D eigenvalue weighted by molar-refractivity contribution is 5.34. The van der Waals surface area contributed by atoms with Crippen LogP contribution in [0.5, 0.6) is 0 Å². The number of nitrogens with one attached hydrogen (secondary N) is 1. The molecule has 3 atom stereocenters. The molecule has 0 aromatic heterocycles. The first kappa shape index (κ1) is 13.1. The lowest BCUT2D eigenvalue weighted by atomic mass is 9.71. The van der Waals surface area contributed by atoms with Crippen molar-refractivity contribution in [2.45, 2.75) is 44.2 Å². The third-order valence-electron chi connectivity index (χ3n) is 5.34. The maximum Gasteiger partial charge on any atom is 0.0211 e. The van der Waals surface area contributed by atoms with Crippen LogP contribution in [0.25, 0.3) is 0 Å². The van der Waals surface area contributed by atoms with Gasteiger partial charge in [-0.2, -0.15) is 0 Å². The van der Waals surface area contributed by atoms with Gasteiger partial charge in [0.25, 0.3) is 0 Å². The van der Waals surface area contributed by atoms with Gasteiger partial charge in [-0.3, -0.25) is 0 Å². The maximum atomic E-state index is 3.79. The number of rotatable bonds is 2. The minimum atomic E-state index is 0.683. The van der Waals surface area contributed by atoms with E-state index in [4.69, 9.17) is 0 Å². The second kappa shape index (κ2) is 5.65. The Labute approximate surface area is 127 Å². The Morgan fingerprint density at radius 2 is 1.71 bits per heavy atom. The first-order valence-electron chi connectivity index (χ1n) is 8.25. The second-order valence-electron chi connectivity index (χ2n) is 6.66. The fourth-order valence-electron chi connectivity index (χ4n) is 4.29. The maximum absolute atomic E-state index is 3.79. The molecule has 1 aliphatic carbocycles. The van der Waals surface area contributed by atoms with Gasteiger partial charge in [0.1, 0.15) is 0 Å². The van der Waals surface area contributed by atoms with E-state index in [2.05, 4.69) is 59.9 Å². The summed E-state index contributed by atoms with van der Waals surface area (Å²) < 4.78 is 0. The summed E-state index contributed by atoms with van der Waals surface area (Å²) in [6.45, 7) is 1.05. The molecule has 0 saturated heterocycles. The molecule has 21 heavy (non-hydrogen) atoms. The van der Waals surface area contributed by atoms with E-state index in [9.17, 15) is 0 Å². The third kappa shape index (κ3) is 2.63. The highest BCUT2D eigenvalue weighted by Gasteiger charge is 2.34. The van der Waals surface area contributed by atoms with Crippen LogP contribution in [0.3, 0.4) is 0 Å². The Balaban J connectivity index is 1.48. The quantitative estimate of drug-likeness (QED) is 0.863. The first-order valence-corrected chi connectivity index (χ1v) is 8.25. The molecule has 108 valence electrons. The zero-order valence-corrected chi connectivity index (χ0v) is 12.5. The Bertz CT molecular complexity index is 604. The van der Waals surface area contributed by atoms with Crippen molar-refractivity contribution in [2.75, 3.05) is 0 Å². The first-order chi connectivity index (χ1) is 10.4. The number of fused-ring (bicyclic) bond motifs is 3. The van der Waals surface area contributed by atoms with Crippen molar-refractivity contribution in [3.05, 3.63) is 71.3 Å². The highest BCUT2D eigenvalue weighted by atomic mass is 14.9. The number of hydrogen-bond donors (Lipinski definition) is 1. The molecule has 1 heterocycles. The van der Waals surface area contributed by atoms with Crippen molar-refractivity contribution in [1.29, 1.82) is 0 Å². The monoisotopic (exact) mass is 277 g/mol. The Hall–Kier alpha value is -1.60. The molecule has 2 aromatic rings. The van der Waals surface area contributed by atoms with Crippen LogP contribution in [0, 0.1) is 5.92 Å². The molecule has 0 spiro atoms. The summed E-state index contributed by atoms with van der Waals surface area (Å²) in [5.41, 5.74) is 4.62. The van der Waals surface area contributed by atoms with Gasteiger partial charge in [-0.15, -0.1) is 0 Å². The SMILES string of the molecule is c1ccc(CC2CCC3c4ccccc4CNC3C2)cc1. The van der Waals surface area contributed by atoms with E-state index in [0.29, 0.717) is 6.04 Å². The fraction of sp³-hybridized carbons (Fsp3) is 0.400. The zero-order valence-electron chi connectivity index (χ0n) is 12.5. The average molecular weight is 277 g/mol. The molecule has 0 amide bonds. The molecule has 4 rings (SSSR count). The van der Waals surface area contributed by atoms with Gasteiger partial charge < -0.3 is 5.32 Å². The van der Waals surface area contributed by atoms with Gasteiger partial charge in [0.2, 0.25) is 0 Å². The van der Waals surface area contributed by atoms with Crippen LogP contribution in [-0.2, 0) is 13.0 Å². The van der Waals surface area contributed by atoms with Gasteiger partial charge in [0.05, 0.1) is 0 Å². The van der Waals surface area contributed by atoms with Crippen LogP contribution in [0.4, 0.5) is 0 Å². The lowest BCUT2D eigenvalue weighted by Crippen LogP contribution is -2.43. The van der Waals surface area contributed by atoms with Gasteiger partial charge in [0.15, 0.2) is 0 Å². The van der Waals surface area contributed by atoms with Crippen LogP contribution in [-0.4, -0.2) is 6.04 Å². The van der Waals surface area contributed by atoms with E-state index in [1.54, 1.807) is 5.56 Å². The van der Waals surface area contributed by atoms with Crippen LogP contribution in [0.2, 0.25) is 0 Å². The van der Waals surface area contributed by atoms with E-state index in [-0.39, 0.29) is 0 Å². The van der Waals surface area contributed by atoms with E-state index in [1.807, 2.05) is 0 Å². The van der Waals surface area contributed by atoms with E-state index in [0.717, 1.165) is 18.4 Å². The minimum Gasteiger partial charge on any atom is -0.309 e. The molecule has 2 aromatic carbocycles. The molecule has 1 aliphatic heterocycles. The normalized spacial score (nSPS) is 27.7. The summed E-state index contributed by atoms with van der Waals surface area (Å²) in [7, 11) is 0. The van der Waals surface area contributed by atoms with Gasteiger partial charge in [-0.05, 0) is 54.2 Å². The molecule has 1 N–H and O–H groups in total. The molecular weight excluding hydrogens is 254 g/mol. The summed E-state index contributed by atoms with van der Waals surface area (Å²) in [5.74, 6) is 1.58. The molecule has 0 bridgehead atoms. The molecule has 1 heteroatoms. The van der Waals surface area contributed by atoms with Crippen LogP contribution >= 0.6 is 0 Å². The predicted molar refractivity (Wildman–Crippen MR) is 87.3 cm³/mol. The molecule has 1 nitrogen and oxygen atoms in total. The van der Waals surface area contributed by atoms with Gasteiger partial charge >= 0.3 is 0 Å². The van der Waals surface area contributed by atoms with Gasteiger partial charge in [-0.1, -0.05) is 54.6 Å². The fourth-order valence-corrected chi connectivity index (χ4v) is 4.29. The van der Waals surface area contributed by atoms with Gasteiger partial charge in [-0.25, -0.2) is 0 Å². The molecule has 3 unspecified atom stereocenters. The standard InChI is InChI=1S/C20H23N/c1-2-6-15(7-3-1)12-16-10-11-19-18-9-5-4-8-17(18)14-21-20(19)13-16/h1-9,16,19-21H,10-14H2. The molecule has 0 radical (unpaired) electrons. The highest BCUT2D eigenvalue weighted by Crippen LogP contribution is 2.40. The largest absolute Gasteiger partial charge is 0.309 e. The number of benzene rings is 2. The van der Waals surface area contributed by atoms with Crippen molar-refractivity contribution in [3.8, 4) is 0 Å². The van der Waals surface area contributed by atoms with E-state index < -0.39 is 0 Å². The zero-order chi connectivity index (χ0) is 14.1. The molecule has 1 saturated carbocycles. The molecule has 1 fully saturated rings. The average Bonchev–Trinajstić information content (AvgIpc) is 2.55. The van der Waals surface area contributed by atoms with Crippen molar-refractivity contribution < 1.29 is 0 Å². The summed E-state index contributed by atoms with van der Waals surface area (Å²) in [6, 6.07) is 20.7.